The van der Waals surface area contributed by atoms with Gasteiger partial charge in [0.25, 0.3) is 0 Å². The third-order valence-electron chi connectivity index (χ3n) is 4.14. The van der Waals surface area contributed by atoms with Crippen molar-refractivity contribution >= 4 is 17.7 Å². The van der Waals surface area contributed by atoms with Crippen LogP contribution in [0.15, 0.2) is 60.8 Å². The summed E-state index contributed by atoms with van der Waals surface area (Å²) in [5, 5.41) is 7.04. The zero-order valence-electron chi connectivity index (χ0n) is 16.2. The number of anilines is 1. The van der Waals surface area contributed by atoms with Gasteiger partial charge in [-0.05, 0) is 42.8 Å². The van der Waals surface area contributed by atoms with Gasteiger partial charge in [0.15, 0.2) is 0 Å². The van der Waals surface area contributed by atoms with Gasteiger partial charge < -0.3 is 14.8 Å². The summed E-state index contributed by atoms with van der Waals surface area (Å²) in [6, 6.07) is 15.3. The van der Waals surface area contributed by atoms with Crippen LogP contribution < -0.4 is 14.8 Å². The highest BCUT2D eigenvalue weighted by Crippen LogP contribution is 2.23. The van der Waals surface area contributed by atoms with Crippen molar-refractivity contribution in [2.75, 3.05) is 12.4 Å². The van der Waals surface area contributed by atoms with Gasteiger partial charge in [0.1, 0.15) is 18.1 Å². The summed E-state index contributed by atoms with van der Waals surface area (Å²) < 4.78 is 12.9. The molecule has 0 aliphatic carbocycles. The lowest BCUT2D eigenvalue weighted by Crippen LogP contribution is -2.08. The summed E-state index contributed by atoms with van der Waals surface area (Å²) in [7, 11) is 3.44. The molecule has 0 atom stereocenters. The van der Waals surface area contributed by atoms with Crippen molar-refractivity contribution < 1.29 is 14.3 Å². The smallest absolute Gasteiger partial charge is 0.248 e. The minimum atomic E-state index is -0.214. The number of aryl methyl sites for hydroxylation is 2. The molecule has 6 nitrogen and oxygen atoms in total. The van der Waals surface area contributed by atoms with E-state index in [-0.39, 0.29) is 5.91 Å². The Kier molecular flexibility index (Phi) is 6.11. The van der Waals surface area contributed by atoms with Crippen molar-refractivity contribution in [3.8, 4) is 11.5 Å². The van der Waals surface area contributed by atoms with Gasteiger partial charge in [0, 0.05) is 24.9 Å². The summed E-state index contributed by atoms with van der Waals surface area (Å²) in [5.74, 6) is 1.31. The molecule has 144 valence electrons. The largest absolute Gasteiger partial charge is 0.496 e. The van der Waals surface area contributed by atoms with E-state index in [9.17, 15) is 4.79 Å². The fourth-order valence-corrected chi connectivity index (χ4v) is 2.76. The van der Waals surface area contributed by atoms with Crippen LogP contribution in [0.2, 0.25) is 0 Å². The van der Waals surface area contributed by atoms with Crippen LogP contribution >= 0.6 is 0 Å². The Morgan fingerprint density at radius 2 is 2.00 bits per heavy atom. The van der Waals surface area contributed by atoms with Crippen molar-refractivity contribution in [1.29, 1.82) is 0 Å². The number of carbonyl (C=O) groups excluding carboxylic acids is 1. The molecule has 1 aromatic heterocycles. The number of hydrogen-bond donors (Lipinski definition) is 1. The molecule has 3 rings (SSSR count). The van der Waals surface area contributed by atoms with Crippen molar-refractivity contribution in [2.45, 2.75) is 13.5 Å². The van der Waals surface area contributed by atoms with E-state index >= 15 is 0 Å². The van der Waals surface area contributed by atoms with Crippen LogP contribution in [-0.4, -0.2) is 22.8 Å². The summed E-state index contributed by atoms with van der Waals surface area (Å²) in [4.78, 5) is 12.2. The summed E-state index contributed by atoms with van der Waals surface area (Å²) in [5.41, 5.74) is 3.25. The van der Waals surface area contributed by atoms with Gasteiger partial charge in [-0.15, -0.1) is 0 Å². The number of aromatic nitrogens is 2. The molecule has 3 aromatic rings. The third-order valence-corrected chi connectivity index (χ3v) is 4.14. The topological polar surface area (TPSA) is 65.4 Å². The number of methoxy groups -OCH3 is 1. The fourth-order valence-electron chi connectivity index (χ4n) is 2.76. The van der Waals surface area contributed by atoms with Gasteiger partial charge in [-0.3, -0.25) is 9.48 Å². The van der Waals surface area contributed by atoms with Crippen LogP contribution in [0.4, 0.5) is 5.69 Å². The zero-order chi connectivity index (χ0) is 19.9. The number of amides is 1. The molecule has 0 saturated heterocycles. The minimum Gasteiger partial charge on any atom is -0.496 e. The number of rotatable bonds is 7. The first-order valence-corrected chi connectivity index (χ1v) is 8.89. The second-order valence-corrected chi connectivity index (χ2v) is 6.30. The fraction of sp³-hybridized carbons (Fsp3) is 0.182. The minimum absolute atomic E-state index is 0.214. The number of nitrogens with zero attached hydrogens (tertiary/aromatic N) is 2. The quantitative estimate of drug-likeness (QED) is 0.633. The highest BCUT2D eigenvalue weighted by molar-refractivity contribution is 6.02. The average molecular weight is 377 g/mol. The first-order valence-electron chi connectivity index (χ1n) is 8.89. The highest BCUT2D eigenvalue weighted by atomic mass is 16.5. The monoisotopic (exact) mass is 377 g/mol. The molecule has 1 heterocycles. The standard InChI is InChI=1S/C22H23N3O3/c1-16-20(14-25(2)24-16)23-22(26)12-10-17-9-11-21(27-3)18(13-17)15-28-19-7-5-4-6-8-19/h4-14H,15H2,1-3H3,(H,23,26)/b12-10+. The van der Waals surface area contributed by atoms with E-state index in [1.165, 1.54) is 6.08 Å². The van der Waals surface area contributed by atoms with Crippen LogP contribution in [-0.2, 0) is 18.4 Å². The molecule has 1 N–H and O–H groups in total. The average Bonchev–Trinajstić information content (AvgIpc) is 3.02. The molecule has 2 aromatic carbocycles. The van der Waals surface area contributed by atoms with Gasteiger partial charge in [-0.2, -0.15) is 5.10 Å². The van der Waals surface area contributed by atoms with E-state index in [1.807, 2.05) is 62.5 Å². The molecule has 1 amide bonds. The zero-order valence-corrected chi connectivity index (χ0v) is 16.2. The molecule has 0 aliphatic heterocycles. The number of ether oxygens (including phenoxy) is 2. The van der Waals surface area contributed by atoms with Crippen LogP contribution in [0.3, 0.4) is 0 Å². The van der Waals surface area contributed by atoms with E-state index in [0.717, 1.165) is 28.3 Å². The van der Waals surface area contributed by atoms with E-state index < -0.39 is 0 Å². The second kappa shape index (κ2) is 8.90. The predicted octanol–water partition coefficient (Wildman–Crippen LogP) is 3.97. The second-order valence-electron chi connectivity index (χ2n) is 6.30. The molecule has 0 saturated carbocycles. The maximum absolute atomic E-state index is 12.2. The maximum atomic E-state index is 12.2. The highest BCUT2D eigenvalue weighted by Gasteiger charge is 2.07. The molecule has 28 heavy (non-hydrogen) atoms. The molecule has 0 fully saturated rings. The van der Waals surface area contributed by atoms with E-state index in [1.54, 1.807) is 24.1 Å². The molecule has 0 bridgehead atoms. The number of nitrogens with one attached hydrogen (secondary N) is 1. The van der Waals surface area contributed by atoms with E-state index in [4.69, 9.17) is 9.47 Å². The maximum Gasteiger partial charge on any atom is 0.248 e. The summed E-state index contributed by atoms with van der Waals surface area (Å²) in [6.07, 6.45) is 5.02. The van der Waals surface area contributed by atoms with Crippen LogP contribution in [0.5, 0.6) is 11.5 Å². The van der Waals surface area contributed by atoms with E-state index in [2.05, 4.69) is 10.4 Å². The molecule has 0 aliphatic rings. The normalized spacial score (nSPS) is 10.8. The predicted molar refractivity (Wildman–Crippen MR) is 109 cm³/mol. The molecule has 6 heteroatoms. The van der Waals surface area contributed by atoms with E-state index in [0.29, 0.717) is 12.3 Å². The van der Waals surface area contributed by atoms with Gasteiger partial charge >= 0.3 is 0 Å². The summed E-state index contributed by atoms with van der Waals surface area (Å²) >= 11 is 0. The van der Waals surface area contributed by atoms with Gasteiger partial charge in [-0.25, -0.2) is 0 Å². The van der Waals surface area contributed by atoms with Crippen molar-refractivity contribution in [3.05, 3.63) is 77.6 Å². The molecular formula is C22H23N3O3. The Morgan fingerprint density at radius 1 is 1.21 bits per heavy atom. The summed E-state index contributed by atoms with van der Waals surface area (Å²) in [6.45, 7) is 2.22. The Labute approximate surface area is 164 Å². The van der Waals surface area contributed by atoms with Crippen molar-refractivity contribution in [1.82, 2.24) is 9.78 Å². The number of para-hydroxylation sites is 1. The van der Waals surface area contributed by atoms with Gasteiger partial charge in [-0.1, -0.05) is 24.3 Å². The number of hydrogen-bond acceptors (Lipinski definition) is 4. The molecular weight excluding hydrogens is 354 g/mol. The Bertz CT molecular complexity index is 978. The lowest BCUT2D eigenvalue weighted by atomic mass is 10.1. The number of carbonyl (C=O) groups is 1. The molecule has 0 spiro atoms. The van der Waals surface area contributed by atoms with Gasteiger partial charge in [0.2, 0.25) is 5.91 Å². The van der Waals surface area contributed by atoms with Crippen LogP contribution in [0, 0.1) is 6.92 Å². The lowest BCUT2D eigenvalue weighted by molar-refractivity contribution is -0.111. The van der Waals surface area contributed by atoms with Gasteiger partial charge in [0.05, 0.1) is 18.5 Å². The lowest BCUT2D eigenvalue weighted by Gasteiger charge is -2.11. The Balaban J connectivity index is 1.68. The first-order chi connectivity index (χ1) is 13.5. The first kappa shape index (κ1) is 19.2. The van der Waals surface area contributed by atoms with Crippen molar-refractivity contribution in [2.24, 2.45) is 7.05 Å². The van der Waals surface area contributed by atoms with Crippen LogP contribution in [0.25, 0.3) is 6.08 Å². The third kappa shape index (κ3) is 5.01. The van der Waals surface area contributed by atoms with Crippen molar-refractivity contribution in [3.63, 3.8) is 0 Å². The Morgan fingerprint density at radius 3 is 2.68 bits per heavy atom. The number of benzene rings is 2. The van der Waals surface area contributed by atoms with Crippen LogP contribution in [0.1, 0.15) is 16.8 Å². The molecule has 0 unspecified atom stereocenters. The molecule has 0 radical (unpaired) electrons. The SMILES string of the molecule is COc1ccc(/C=C/C(=O)Nc2cn(C)nc2C)cc1COc1ccccc1. The Hall–Kier alpha value is -3.54.